The van der Waals surface area contributed by atoms with Gasteiger partial charge in [-0.15, -0.1) is 0 Å². The highest BCUT2D eigenvalue weighted by molar-refractivity contribution is 9.10. The summed E-state index contributed by atoms with van der Waals surface area (Å²) in [4.78, 5) is 0. The number of ether oxygens (including phenoxy) is 1. The molecule has 2 aromatic carbocycles. The van der Waals surface area contributed by atoms with Crippen LogP contribution in [0.5, 0.6) is 5.75 Å². The summed E-state index contributed by atoms with van der Waals surface area (Å²) in [6.45, 7) is 4.44. The van der Waals surface area contributed by atoms with Gasteiger partial charge in [0.05, 0.1) is 12.2 Å². The van der Waals surface area contributed by atoms with Gasteiger partial charge in [0.25, 0.3) is 0 Å². The SMILES string of the molecule is CCOc1ccc(C(C)(O)Cc2ccc(Br)cc2)cc1. The van der Waals surface area contributed by atoms with Crippen LogP contribution in [0.15, 0.2) is 53.0 Å². The number of hydrogen-bond donors (Lipinski definition) is 1. The average molecular weight is 335 g/mol. The molecule has 0 saturated carbocycles. The first-order valence-electron chi connectivity index (χ1n) is 6.71. The molecule has 0 amide bonds. The van der Waals surface area contributed by atoms with E-state index in [0.717, 1.165) is 21.3 Å². The minimum absolute atomic E-state index is 0.578. The van der Waals surface area contributed by atoms with Gasteiger partial charge in [0, 0.05) is 10.9 Å². The van der Waals surface area contributed by atoms with Crippen molar-refractivity contribution in [2.45, 2.75) is 25.9 Å². The molecule has 0 aliphatic carbocycles. The highest BCUT2D eigenvalue weighted by Crippen LogP contribution is 2.27. The molecule has 1 unspecified atom stereocenters. The average Bonchev–Trinajstić information content (AvgIpc) is 2.42. The Hall–Kier alpha value is -1.32. The Morgan fingerprint density at radius 2 is 1.65 bits per heavy atom. The van der Waals surface area contributed by atoms with E-state index in [0.29, 0.717) is 13.0 Å². The fourth-order valence-electron chi connectivity index (χ4n) is 2.18. The molecule has 0 radical (unpaired) electrons. The van der Waals surface area contributed by atoms with Crippen molar-refractivity contribution >= 4 is 15.9 Å². The van der Waals surface area contributed by atoms with Gasteiger partial charge in [-0.1, -0.05) is 40.2 Å². The van der Waals surface area contributed by atoms with Crippen LogP contribution in [-0.2, 0) is 12.0 Å². The molecule has 1 N–H and O–H groups in total. The Labute approximate surface area is 128 Å². The molecule has 0 fully saturated rings. The summed E-state index contributed by atoms with van der Waals surface area (Å²) in [6, 6.07) is 15.7. The predicted octanol–water partition coefficient (Wildman–Crippen LogP) is 4.30. The third kappa shape index (κ3) is 3.84. The quantitative estimate of drug-likeness (QED) is 0.883. The lowest BCUT2D eigenvalue weighted by Gasteiger charge is -2.24. The summed E-state index contributed by atoms with van der Waals surface area (Å²) >= 11 is 3.42. The smallest absolute Gasteiger partial charge is 0.119 e. The van der Waals surface area contributed by atoms with Crippen molar-refractivity contribution in [3.8, 4) is 5.75 Å². The Bertz CT molecular complexity index is 544. The van der Waals surface area contributed by atoms with Crippen LogP contribution >= 0.6 is 15.9 Å². The van der Waals surface area contributed by atoms with Crippen LogP contribution in [0.1, 0.15) is 25.0 Å². The molecule has 20 heavy (non-hydrogen) atoms. The summed E-state index contributed by atoms with van der Waals surface area (Å²) in [6.07, 6.45) is 0.578. The van der Waals surface area contributed by atoms with Crippen molar-refractivity contribution in [1.29, 1.82) is 0 Å². The van der Waals surface area contributed by atoms with Crippen molar-refractivity contribution in [3.63, 3.8) is 0 Å². The van der Waals surface area contributed by atoms with Gasteiger partial charge in [-0.05, 0) is 49.2 Å². The molecule has 3 heteroatoms. The fourth-order valence-corrected chi connectivity index (χ4v) is 2.44. The van der Waals surface area contributed by atoms with Crippen LogP contribution in [0.3, 0.4) is 0 Å². The van der Waals surface area contributed by atoms with E-state index >= 15 is 0 Å². The van der Waals surface area contributed by atoms with Gasteiger partial charge in [0.2, 0.25) is 0 Å². The summed E-state index contributed by atoms with van der Waals surface area (Å²) in [5.41, 5.74) is 1.11. The fraction of sp³-hybridized carbons (Fsp3) is 0.294. The molecule has 2 rings (SSSR count). The van der Waals surface area contributed by atoms with Gasteiger partial charge in [0.15, 0.2) is 0 Å². The van der Waals surface area contributed by atoms with Crippen molar-refractivity contribution < 1.29 is 9.84 Å². The molecule has 106 valence electrons. The van der Waals surface area contributed by atoms with Crippen LogP contribution in [0.25, 0.3) is 0 Å². The predicted molar refractivity (Wildman–Crippen MR) is 85.0 cm³/mol. The zero-order valence-corrected chi connectivity index (χ0v) is 13.4. The standard InChI is InChI=1S/C17H19BrO2/c1-3-20-16-10-6-14(7-11-16)17(2,19)12-13-4-8-15(18)9-5-13/h4-11,19H,3,12H2,1-2H3. The lowest BCUT2D eigenvalue weighted by Crippen LogP contribution is -2.24. The van der Waals surface area contributed by atoms with E-state index in [1.165, 1.54) is 0 Å². The van der Waals surface area contributed by atoms with Crippen molar-refractivity contribution in [3.05, 3.63) is 64.1 Å². The summed E-state index contributed by atoms with van der Waals surface area (Å²) < 4.78 is 6.46. The molecule has 0 aliphatic rings. The zero-order valence-electron chi connectivity index (χ0n) is 11.8. The van der Waals surface area contributed by atoms with E-state index < -0.39 is 5.60 Å². The Kier molecular flexibility index (Phi) is 4.84. The Balaban J connectivity index is 2.14. The highest BCUT2D eigenvalue weighted by atomic mass is 79.9. The second-order valence-corrected chi connectivity index (χ2v) is 5.95. The maximum Gasteiger partial charge on any atom is 0.119 e. The van der Waals surface area contributed by atoms with Gasteiger partial charge in [0.1, 0.15) is 5.75 Å². The van der Waals surface area contributed by atoms with Gasteiger partial charge in [-0.2, -0.15) is 0 Å². The monoisotopic (exact) mass is 334 g/mol. The first-order chi connectivity index (χ1) is 9.51. The maximum atomic E-state index is 10.7. The van der Waals surface area contributed by atoms with E-state index in [1.54, 1.807) is 0 Å². The molecule has 0 heterocycles. The van der Waals surface area contributed by atoms with E-state index in [2.05, 4.69) is 15.9 Å². The van der Waals surface area contributed by atoms with E-state index in [4.69, 9.17) is 4.74 Å². The minimum Gasteiger partial charge on any atom is -0.494 e. The molecular formula is C17H19BrO2. The minimum atomic E-state index is -0.890. The largest absolute Gasteiger partial charge is 0.494 e. The Morgan fingerprint density at radius 3 is 2.20 bits per heavy atom. The molecule has 0 bridgehead atoms. The second-order valence-electron chi connectivity index (χ2n) is 5.03. The third-order valence-electron chi connectivity index (χ3n) is 3.25. The number of halogens is 1. The Morgan fingerprint density at radius 1 is 1.05 bits per heavy atom. The summed E-state index contributed by atoms with van der Waals surface area (Å²) in [5.74, 6) is 0.829. The van der Waals surface area contributed by atoms with Crippen LogP contribution in [0, 0.1) is 0 Å². The summed E-state index contributed by atoms with van der Waals surface area (Å²) in [5, 5.41) is 10.7. The van der Waals surface area contributed by atoms with Gasteiger partial charge in [-0.25, -0.2) is 0 Å². The van der Waals surface area contributed by atoms with Crippen LogP contribution < -0.4 is 4.74 Å². The molecule has 1 atom stereocenters. The van der Waals surface area contributed by atoms with E-state index in [1.807, 2.05) is 62.4 Å². The number of rotatable bonds is 5. The van der Waals surface area contributed by atoms with Crippen LogP contribution in [0.2, 0.25) is 0 Å². The van der Waals surface area contributed by atoms with E-state index in [9.17, 15) is 5.11 Å². The normalized spacial score (nSPS) is 13.8. The number of hydrogen-bond acceptors (Lipinski definition) is 2. The molecule has 2 nitrogen and oxygen atoms in total. The van der Waals surface area contributed by atoms with Crippen molar-refractivity contribution in [1.82, 2.24) is 0 Å². The summed E-state index contributed by atoms with van der Waals surface area (Å²) in [7, 11) is 0. The number of aliphatic hydroxyl groups is 1. The second kappa shape index (κ2) is 6.42. The molecule has 0 aromatic heterocycles. The third-order valence-corrected chi connectivity index (χ3v) is 3.78. The lowest BCUT2D eigenvalue weighted by molar-refractivity contribution is 0.0576. The molecule has 0 saturated heterocycles. The van der Waals surface area contributed by atoms with Crippen LogP contribution in [0.4, 0.5) is 0 Å². The maximum absolute atomic E-state index is 10.7. The molecule has 0 spiro atoms. The lowest BCUT2D eigenvalue weighted by atomic mass is 9.89. The molecule has 0 aliphatic heterocycles. The van der Waals surface area contributed by atoms with Crippen molar-refractivity contribution in [2.24, 2.45) is 0 Å². The molecule has 2 aromatic rings. The first-order valence-corrected chi connectivity index (χ1v) is 7.51. The van der Waals surface area contributed by atoms with Gasteiger partial charge >= 0.3 is 0 Å². The van der Waals surface area contributed by atoms with Crippen LogP contribution in [-0.4, -0.2) is 11.7 Å². The number of benzene rings is 2. The van der Waals surface area contributed by atoms with Crippen molar-refractivity contribution in [2.75, 3.05) is 6.61 Å². The topological polar surface area (TPSA) is 29.5 Å². The molecular weight excluding hydrogens is 316 g/mol. The highest BCUT2D eigenvalue weighted by Gasteiger charge is 2.23. The zero-order chi connectivity index (χ0) is 14.6. The van der Waals surface area contributed by atoms with E-state index in [-0.39, 0.29) is 0 Å². The van der Waals surface area contributed by atoms with Gasteiger partial charge < -0.3 is 9.84 Å². The first kappa shape index (κ1) is 15.1. The van der Waals surface area contributed by atoms with Gasteiger partial charge in [-0.3, -0.25) is 0 Å².